The highest BCUT2D eigenvalue weighted by Gasteiger charge is 2.30. The van der Waals surface area contributed by atoms with E-state index in [1.807, 2.05) is 0 Å². The Morgan fingerprint density at radius 3 is 2.47 bits per heavy atom. The van der Waals surface area contributed by atoms with E-state index in [0.717, 1.165) is 0 Å². The fourth-order valence-electron chi connectivity index (χ4n) is 2.07. The van der Waals surface area contributed by atoms with Crippen LogP contribution in [0.1, 0.15) is 11.7 Å². The predicted molar refractivity (Wildman–Crippen MR) is 69.5 cm³/mol. The molecule has 0 saturated carbocycles. The Kier molecular flexibility index (Phi) is 2.76. The van der Waals surface area contributed by atoms with Crippen LogP contribution in [0.5, 0.6) is 0 Å². The van der Waals surface area contributed by atoms with E-state index < -0.39 is 22.0 Å². The molecule has 0 amide bonds. The van der Waals surface area contributed by atoms with Gasteiger partial charge in [-0.2, -0.15) is 4.72 Å². The fraction of sp³-hybridized carbons (Fsp3) is 0.0769. The van der Waals surface area contributed by atoms with Crippen LogP contribution in [-0.2, 0) is 10.0 Å². The van der Waals surface area contributed by atoms with Crippen molar-refractivity contribution in [3.8, 4) is 0 Å². The van der Waals surface area contributed by atoms with E-state index in [1.165, 1.54) is 12.1 Å². The van der Waals surface area contributed by atoms with Crippen molar-refractivity contribution in [2.45, 2.75) is 11.1 Å². The molecule has 0 spiro atoms. The molecule has 6 heteroatoms. The number of hydrogen-bond donors (Lipinski definition) is 2. The molecule has 2 aromatic carbocycles. The van der Waals surface area contributed by atoms with Crippen molar-refractivity contribution in [2.24, 2.45) is 0 Å². The maximum Gasteiger partial charge on any atom is 0.244 e. The lowest BCUT2D eigenvalue weighted by Gasteiger charge is -2.28. The smallest absolute Gasteiger partial charge is 0.244 e. The number of halogens is 1. The van der Waals surface area contributed by atoms with E-state index in [9.17, 15) is 12.8 Å². The molecular formula is C13H11FN2O2S. The highest BCUT2D eigenvalue weighted by Crippen LogP contribution is 2.31. The Bertz CT molecular complexity index is 731. The monoisotopic (exact) mass is 278 g/mol. The van der Waals surface area contributed by atoms with Crippen LogP contribution in [0.2, 0.25) is 0 Å². The molecule has 0 unspecified atom stereocenters. The molecule has 0 radical (unpaired) electrons. The molecule has 2 N–H and O–H groups in total. The molecule has 1 atom stereocenters. The summed E-state index contributed by atoms with van der Waals surface area (Å²) in [5.74, 6) is -0.456. The van der Waals surface area contributed by atoms with Crippen LogP contribution in [-0.4, -0.2) is 8.42 Å². The lowest BCUT2D eigenvalue weighted by molar-refractivity contribution is 0.546. The summed E-state index contributed by atoms with van der Waals surface area (Å²) in [5, 5.41) is 2.98. The van der Waals surface area contributed by atoms with Gasteiger partial charge in [-0.3, -0.25) is 0 Å². The second-order valence-corrected chi connectivity index (χ2v) is 5.90. The van der Waals surface area contributed by atoms with Gasteiger partial charge in [0.2, 0.25) is 10.0 Å². The fourth-order valence-corrected chi connectivity index (χ4v) is 3.37. The first-order chi connectivity index (χ1) is 9.08. The number of para-hydroxylation sites is 1. The molecule has 2 aromatic rings. The van der Waals surface area contributed by atoms with E-state index in [4.69, 9.17) is 0 Å². The molecule has 1 heterocycles. The summed E-state index contributed by atoms with van der Waals surface area (Å²) in [6.07, 6.45) is -0.805. The molecule has 1 aliphatic heterocycles. The lowest BCUT2D eigenvalue weighted by Crippen LogP contribution is -2.38. The Balaban J connectivity index is 2.09. The third-order valence-electron chi connectivity index (χ3n) is 2.97. The van der Waals surface area contributed by atoms with Crippen LogP contribution < -0.4 is 10.0 Å². The Labute approximate surface area is 110 Å². The van der Waals surface area contributed by atoms with Crippen LogP contribution in [0, 0.1) is 5.82 Å². The molecule has 0 fully saturated rings. The summed E-state index contributed by atoms with van der Waals surface area (Å²) in [5.41, 5.74) is 0.732. The highest BCUT2D eigenvalue weighted by molar-refractivity contribution is 7.89. The van der Waals surface area contributed by atoms with Crippen molar-refractivity contribution < 1.29 is 12.8 Å². The van der Waals surface area contributed by atoms with Crippen molar-refractivity contribution in [1.29, 1.82) is 0 Å². The summed E-state index contributed by atoms with van der Waals surface area (Å²) in [6.45, 7) is 0. The van der Waals surface area contributed by atoms with Crippen LogP contribution in [0.15, 0.2) is 53.4 Å². The molecule has 0 bridgehead atoms. The summed E-state index contributed by atoms with van der Waals surface area (Å²) in [7, 11) is -3.64. The maximum atomic E-state index is 13.7. The van der Waals surface area contributed by atoms with Crippen molar-refractivity contribution in [1.82, 2.24) is 4.72 Å². The minimum atomic E-state index is -3.64. The third-order valence-corrected chi connectivity index (χ3v) is 4.45. The third kappa shape index (κ3) is 2.09. The van der Waals surface area contributed by atoms with Gasteiger partial charge in [-0.25, -0.2) is 12.8 Å². The largest absolute Gasteiger partial charge is 0.364 e. The van der Waals surface area contributed by atoms with Gasteiger partial charge in [0.15, 0.2) is 0 Å². The summed E-state index contributed by atoms with van der Waals surface area (Å²) in [6, 6.07) is 12.6. The lowest BCUT2D eigenvalue weighted by atomic mass is 10.1. The van der Waals surface area contributed by atoms with Gasteiger partial charge in [0.25, 0.3) is 0 Å². The predicted octanol–water partition coefficient (Wildman–Crippen LogP) is 2.23. The van der Waals surface area contributed by atoms with E-state index in [-0.39, 0.29) is 10.5 Å². The van der Waals surface area contributed by atoms with Gasteiger partial charge in [-0.05, 0) is 18.2 Å². The quantitative estimate of drug-likeness (QED) is 0.841. The van der Waals surface area contributed by atoms with Gasteiger partial charge in [-0.1, -0.05) is 30.3 Å². The minimum absolute atomic E-state index is 0.169. The Hall–Kier alpha value is -1.92. The SMILES string of the molecule is O=S1(=O)N[C@H](c2ccccc2F)Nc2ccccc21. The van der Waals surface area contributed by atoms with Crippen molar-refractivity contribution >= 4 is 15.7 Å². The number of nitrogens with one attached hydrogen (secondary N) is 2. The van der Waals surface area contributed by atoms with Crippen LogP contribution in [0.4, 0.5) is 10.1 Å². The number of benzene rings is 2. The number of rotatable bonds is 1. The van der Waals surface area contributed by atoms with Crippen LogP contribution in [0.25, 0.3) is 0 Å². The standard InChI is InChI=1S/C13H11FN2O2S/c14-10-6-2-1-5-9(10)13-15-11-7-3-4-8-12(11)19(17,18)16-13/h1-8,13,15-16H/t13-/m1/s1. The Morgan fingerprint density at radius 1 is 1.00 bits per heavy atom. The zero-order valence-corrected chi connectivity index (χ0v) is 10.6. The average molecular weight is 278 g/mol. The first-order valence-corrected chi connectivity index (χ1v) is 7.18. The first kappa shape index (κ1) is 12.1. The van der Waals surface area contributed by atoms with Gasteiger partial charge >= 0.3 is 0 Å². The minimum Gasteiger partial charge on any atom is -0.364 e. The van der Waals surface area contributed by atoms with Crippen molar-refractivity contribution in [3.05, 3.63) is 59.9 Å². The van der Waals surface area contributed by atoms with E-state index >= 15 is 0 Å². The van der Waals surface area contributed by atoms with E-state index in [0.29, 0.717) is 5.69 Å². The number of hydrogen-bond acceptors (Lipinski definition) is 3. The second kappa shape index (κ2) is 4.32. The highest BCUT2D eigenvalue weighted by atomic mass is 32.2. The van der Waals surface area contributed by atoms with Gasteiger partial charge < -0.3 is 5.32 Å². The number of fused-ring (bicyclic) bond motifs is 1. The molecule has 0 aromatic heterocycles. The first-order valence-electron chi connectivity index (χ1n) is 5.70. The molecule has 1 aliphatic rings. The maximum absolute atomic E-state index is 13.7. The number of anilines is 1. The van der Waals surface area contributed by atoms with Gasteiger partial charge in [-0.15, -0.1) is 0 Å². The summed E-state index contributed by atoms with van der Waals surface area (Å²) >= 11 is 0. The number of sulfonamides is 1. The topological polar surface area (TPSA) is 58.2 Å². The zero-order chi connectivity index (χ0) is 13.5. The molecule has 4 nitrogen and oxygen atoms in total. The molecule has 0 saturated heterocycles. The molecule has 3 rings (SSSR count). The van der Waals surface area contributed by atoms with Crippen molar-refractivity contribution in [3.63, 3.8) is 0 Å². The second-order valence-electron chi connectivity index (χ2n) is 4.22. The molecular weight excluding hydrogens is 267 g/mol. The zero-order valence-electron chi connectivity index (χ0n) is 9.80. The van der Waals surface area contributed by atoms with E-state index in [2.05, 4.69) is 10.0 Å². The summed E-state index contributed by atoms with van der Waals surface area (Å²) in [4.78, 5) is 0.169. The molecule has 0 aliphatic carbocycles. The summed E-state index contributed by atoms with van der Waals surface area (Å²) < 4.78 is 40.3. The Morgan fingerprint density at radius 2 is 1.68 bits per heavy atom. The van der Waals surface area contributed by atoms with Crippen molar-refractivity contribution in [2.75, 3.05) is 5.32 Å². The van der Waals surface area contributed by atoms with Crippen LogP contribution >= 0.6 is 0 Å². The molecule has 98 valence electrons. The van der Waals surface area contributed by atoms with Gasteiger partial charge in [0.1, 0.15) is 16.9 Å². The van der Waals surface area contributed by atoms with Gasteiger partial charge in [0.05, 0.1) is 5.69 Å². The normalized spacial score (nSPS) is 20.4. The molecule has 19 heavy (non-hydrogen) atoms. The van der Waals surface area contributed by atoms with Gasteiger partial charge in [0, 0.05) is 5.56 Å². The average Bonchev–Trinajstić information content (AvgIpc) is 2.38. The van der Waals surface area contributed by atoms with Crippen LogP contribution in [0.3, 0.4) is 0 Å². The van der Waals surface area contributed by atoms with E-state index in [1.54, 1.807) is 36.4 Å².